The van der Waals surface area contributed by atoms with Gasteiger partial charge in [0.1, 0.15) is 5.75 Å². The molecule has 7 heteroatoms. The highest BCUT2D eigenvalue weighted by atomic mass is 32.1. The van der Waals surface area contributed by atoms with Gasteiger partial charge in [-0.05, 0) is 54.2 Å². The average Bonchev–Trinajstić information content (AvgIpc) is 3.09. The van der Waals surface area contributed by atoms with Crippen molar-refractivity contribution in [3.05, 3.63) is 77.1 Å². The molecule has 0 saturated carbocycles. The molecule has 0 aliphatic rings. The first kappa shape index (κ1) is 17.9. The number of fused-ring (bicyclic) bond motifs is 1. The number of hydrogen-bond donors (Lipinski definition) is 2. The minimum absolute atomic E-state index is 0.430. The highest BCUT2D eigenvalue weighted by Crippen LogP contribution is 2.21. The standard InChI is InChI=1S/C21H19N5OS/c1-2-27-18-12-10-16(11-13-18)20-23-24-21(28)26(20)25-22-14-17-8-5-7-15-6-3-4-9-19(15)17/h3-14,25H,2H2,1H3,(H,24,28)/b22-14-. The number of aromatic amines is 1. The van der Waals surface area contributed by atoms with E-state index in [0.29, 0.717) is 17.2 Å². The highest BCUT2D eigenvalue weighted by Gasteiger charge is 2.08. The third-order valence-electron chi connectivity index (χ3n) is 4.28. The maximum atomic E-state index is 5.49. The zero-order valence-electron chi connectivity index (χ0n) is 15.3. The normalized spacial score (nSPS) is 11.2. The summed E-state index contributed by atoms with van der Waals surface area (Å²) in [5.74, 6) is 1.46. The molecule has 0 aliphatic heterocycles. The molecule has 0 aliphatic carbocycles. The number of benzene rings is 3. The van der Waals surface area contributed by atoms with Crippen molar-refractivity contribution in [3.8, 4) is 17.1 Å². The molecule has 0 radical (unpaired) electrons. The van der Waals surface area contributed by atoms with Crippen molar-refractivity contribution >= 4 is 29.2 Å². The van der Waals surface area contributed by atoms with E-state index in [1.807, 2.05) is 55.5 Å². The quantitative estimate of drug-likeness (QED) is 0.284. The Morgan fingerprint density at radius 2 is 1.89 bits per heavy atom. The molecule has 4 rings (SSSR count). The van der Waals surface area contributed by atoms with Gasteiger partial charge >= 0.3 is 0 Å². The molecule has 0 spiro atoms. The summed E-state index contributed by atoms with van der Waals surface area (Å²) < 4.78 is 7.55. The zero-order valence-corrected chi connectivity index (χ0v) is 16.1. The lowest BCUT2D eigenvalue weighted by atomic mass is 10.1. The van der Waals surface area contributed by atoms with E-state index < -0.39 is 0 Å². The van der Waals surface area contributed by atoms with Crippen LogP contribution in [-0.2, 0) is 0 Å². The largest absolute Gasteiger partial charge is 0.494 e. The topological polar surface area (TPSA) is 67.2 Å². The Morgan fingerprint density at radius 1 is 1.11 bits per heavy atom. The van der Waals surface area contributed by atoms with Gasteiger partial charge in [0.25, 0.3) is 0 Å². The van der Waals surface area contributed by atoms with Crippen molar-refractivity contribution < 1.29 is 4.74 Å². The van der Waals surface area contributed by atoms with Gasteiger partial charge in [0.15, 0.2) is 5.82 Å². The second-order valence-corrected chi connectivity index (χ2v) is 6.46. The molecule has 0 unspecified atom stereocenters. The summed E-state index contributed by atoms with van der Waals surface area (Å²) in [6.07, 6.45) is 1.78. The molecule has 140 valence electrons. The molecule has 1 aromatic heterocycles. The van der Waals surface area contributed by atoms with Crippen molar-refractivity contribution in [2.24, 2.45) is 5.10 Å². The lowest BCUT2D eigenvalue weighted by Crippen LogP contribution is -2.10. The maximum absolute atomic E-state index is 5.49. The minimum Gasteiger partial charge on any atom is -0.494 e. The Balaban J connectivity index is 1.59. The van der Waals surface area contributed by atoms with Crippen LogP contribution in [0.15, 0.2) is 71.8 Å². The number of nitrogens with zero attached hydrogens (tertiary/aromatic N) is 3. The van der Waals surface area contributed by atoms with E-state index in [0.717, 1.165) is 22.3 Å². The van der Waals surface area contributed by atoms with Gasteiger partial charge in [0.05, 0.1) is 12.8 Å². The van der Waals surface area contributed by atoms with Gasteiger partial charge in [-0.1, -0.05) is 42.5 Å². The molecular formula is C21H19N5OS. The molecule has 0 amide bonds. The second-order valence-electron chi connectivity index (χ2n) is 6.07. The molecule has 4 aromatic rings. The average molecular weight is 389 g/mol. The Kier molecular flexibility index (Phi) is 5.16. The van der Waals surface area contributed by atoms with Crippen LogP contribution in [0.5, 0.6) is 5.75 Å². The van der Waals surface area contributed by atoms with Crippen molar-refractivity contribution in [1.29, 1.82) is 0 Å². The number of ether oxygens (including phenoxy) is 1. The van der Waals surface area contributed by atoms with Gasteiger partial charge in [0.2, 0.25) is 4.77 Å². The first-order chi connectivity index (χ1) is 13.8. The Labute approximate surface area is 167 Å². The van der Waals surface area contributed by atoms with Crippen LogP contribution in [0.3, 0.4) is 0 Å². The molecule has 0 atom stereocenters. The summed E-state index contributed by atoms with van der Waals surface area (Å²) >= 11 is 5.33. The summed E-state index contributed by atoms with van der Waals surface area (Å²) in [6.45, 7) is 2.58. The van der Waals surface area contributed by atoms with Crippen LogP contribution in [0.4, 0.5) is 0 Å². The molecular weight excluding hydrogens is 370 g/mol. The van der Waals surface area contributed by atoms with Crippen LogP contribution in [-0.4, -0.2) is 27.7 Å². The first-order valence-corrected chi connectivity index (χ1v) is 9.34. The van der Waals surface area contributed by atoms with Crippen LogP contribution in [0.2, 0.25) is 0 Å². The Bertz CT molecular complexity index is 1170. The van der Waals surface area contributed by atoms with Crippen molar-refractivity contribution in [1.82, 2.24) is 14.9 Å². The van der Waals surface area contributed by atoms with E-state index in [4.69, 9.17) is 17.0 Å². The second kappa shape index (κ2) is 8.06. The Morgan fingerprint density at radius 3 is 2.71 bits per heavy atom. The summed E-state index contributed by atoms with van der Waals surface area (Å²) in [5.41, 5.74) is 4.88. The van der Waals surface area contributed by atoms with Gasteiger partial charge in [0, 0.05) is 11.1 Å². The van der Waals surface area contributed by atoms with Crippen LogP contribution >= 0.6 is 12.2 Å². The fraction of sp³-hybridized carbons (Fsp3) is 0.0952. The monoisotopic (exact) mass is 389 g/mol. The lowest BCUT2D eigenvalue weighted by Gasteiger charge is -2.07. The van der Waals surface area contributed by atoms with Crippen LogP contribution < -0.4 is 10.3 Å². The molecule has 2 N–H and O–H groups in total. The Hall–Kier alpha value is -3.45. The molecule has 1 heterocycles. The zero-order chi connectivity index (χ0) is 19.3. The van der Waals surface area contributed by atoms with Crippen LogP contribution in [0.25, 0.3) is 22.2 Å². The maximum Gasteiger partial charge on any atom is 0.216 e. The first-order valence-electron chi connectivity index (χ1n) is 8.94. The number of rotatable bonds is 6. The molecule has 0 bridgehead atoms. The SMILES string of the molecule is CCOc1ccc(-c2n[nH]c(=S)n2N/N=C\c2cccc3ccccc23)cc1. The number of nitrogens with one attached hydrogen (secondary N) is 2. The third-order valence-corrected chi connectivity index (χ3v) is 4.55. The van der Waals surface area contributed by atoms with Crippen molar-refractivity contribution in [2.75, 3.05) is 12.1 Å². The lowest BCUT2D eigenvalue weighted by molar-refractivity contribution is 0.340. The van der Waals surface area contributed by atoms with Crippen LogP contribution in [0, 0.1) is 4.77 Å². The van der Waals surface area contributed by atoms with Crippen LogP contribution in [0.1, 0.15) is 12.5 Å². The molecule has 3 aromatic carbocycles. The summed E-state index contributed by atoms with van der Waals surface area (Å²) in [6, 6.07) is 22.0. The minimum atomic E-state index is 0.430. The van der Waals surface area contributed by atoms with Gasteiger partial charge in [-0.2, -0.15) is 14.9 Å². The molecule has 6 nitrogen and oxygen atoms in total. The third kappa shape index (κ3) is 3.65. The van der Waals surface area contributed by atoms with Gasteiger partial charge in [-0.25, -0.2) is 10.6 Å². The van der Waals surface area contributed by atoms with Gasteiger partial charge in [-0.3, -0.25) is 0 Å². The predicted octanol–water partition coefficient (Wildman–Crippen LogP) is 4.74. The summed E-state index contributed by atoms with van der Waals surface area (Å²) in [5, 5.41) is 13.8. The van der Waals surface area contributed by atoms with E-state index in [-0.39, 0.29) is 0 Å². The molecule has 0 saturated heterocycles. The van der Waals surface area contributed by atoms with Crippen molar-refractivity contribution in [2.45, 2.75) is 6.92 Å². The smallest absolute Gasteiger partial charge is 0.216 e. The summed E-state index contributed by atoms with van der Waals surface area (Å²) in [7, 11) is 0. The molecule has 0 fully saturated rings. The van der Waals surface area contributed by atoms with E-state index in [1.54, 1.807) is 10.9 Å². The van der Waals surface area contributed by atoms with E-state index in [1.165, 1.54) is 5.39 Å². The molecule has 28 heavy (non-hydrogen) atoms. The van der Waals surface area contributed by atoms with Gasteiger partial charge < -0.3 is 4.74 Å². The van der Waals surface area contributed by atoms with E-state index >= 15 is 0 Å². The predicted molar refractivity (Wildman–Crippen MR) is 115 cm³/mol. The number of aromatic nitrogens is 3. The summed E-state index contributed by atoms with van der Waals surface area (Å²) in [4.78, 5) is 0. The number of hydrogen-bond acceptors (Lipinski definition) is 5. The number of H-pyrrole nitrogens is 1. The number of hydrazone groups is 1. The highest BCUT2D eigenvalue weighted by molar-refractivity contribution is 7.71. The fourth-order valence-corrected chi connectivity index (χ4v) is 3.14. The fourth-order valence-electron chi connectivity index (χ4n) is 2.97. The van der Waals surface area contributed by atoms with Crippen molar-refractivity contribution in [3.63, 3.8) is 0 Å². The van der Waals surface area contributed by atoms with Gasteiger partial charge in [-0.15, -0.1) is 0 Å². The van der Waals surface area contributed by atoms with E-state index in [2.05, 4.69) is 39.0 Å². The van der Waals surface area contributed by atoms with E-state index in [9.17, 15) is 0 Å².